The first-order valence-electron chi connectivity index (χ1n) is 11.8. The number of aliphatic hydroxyl groups excluding tert-OH is 2. The van der Waals surface area contributed by atoms with Crippen molar-refractivity contribution in [2.75, 3.05) is 11.9 Å². The lowest BCUT2D eigenvalue weighted by Gasteiger charge is -2.27. The molecule has 0 spiro atoms. The minimum atomic E-state index is -1.39. The zero-order valence-corrected chi connectivity index (χ0v) is 20.4. The average molecular weight is 498 g/mol. The van der Waals surface area contributed by atoms with Crippen molar-refractivity contribution in [1.82, 2.24) is 14.6 Å². The zero-order chi connectivity index (χ0) is 26.0. The summed E-state index contributed by atoms with van der Waals surface area (Å²) in [6.45, 7) is 4.84. The highest BCUT2D eigenvalue weighted by atomic mass is 16.6. The van der Waals surface area contributed by atoms with Crippen LogP contribution in [0.3, 0.4) is 0 Å². The van der Waals surface area contributed by atoms with Crippen molar-refractivity contribution in [3.05, 3.63) is 60.0 Å². The topological polar surface area (TPSA) is 161 Å². The van der Waals surface area contributed by atoms with E-state index in [1.165, 1.54) is 10.8 Å². The lowest BCUT2D eigenvalue weighted by atomic mass is 9.93. The van der Waals surface area contributed by atoms with E-state index in [-0.39, 0.29) is 24.1 Å². The molecule has 11 nitrogen and oxygen atoms in total. The van der Waals surface area contributed by atoms with Crippen LogP contribution < -0.4 is 11.1 Å². The van der Waals surface area contributed by atoms with E-state index in [2.05, 4.69) is 15.4 Å². The number of hydrogen-bond acceptors (Lipinski definition) is 9. The molecule has 1 amide bonds. The normalized spacial score (nSPS) is 24.7. The number of benzene rings is 1. The molecule has 1 saturated heterocycles. The number of carbonyl (C=O) groups is 2. The fraction of sp³-hybridized carbons (Fsp3) is 0.440. The quantitative estimate of drug-likeness (QED) is 0.329. The third kappa shape index (κ3) is 4.82. The summed E-state index contributed by atoms with van der Waals surface area (Å²) in [4.78, 5) is 29.2. The first-order valence-corrected chi connectivity index (χ1v) is 11.8. The van der Waals surface area contributed by atoms with Gasteiger partial charge in [0.15, 0.2) is 11.9 Å². The van der Waals surface area contributed by atoms with E-state index in [0.29, 0.717) is 11.2 Å². The van der Waals surface area contributed by atoms with Crippen molar-refractivity contribution in [2.24, 2.45) is 11.7 Å². The molecule has 0 aliphatic carbocycles. The van der Waals surface area contributed by atoms with Gasteiger partial charge in [-0.15, -0.1) is 0 Å². The number of aliphatic hydroxyl groups is 2. The first-order chi connectivity index (χ1) is 17.2. The van der Waals surface area contributed by atoms with Gasteiger partial charge in [-0.05, 0) is 30.5 Å². The Hall–Kier alpha value is -3.38. The van der Waals surface area contributed by atoms with E-state index in [9.17, 15) is 19.8 Å². The number of fused-ring (bicyclic) bond motifs is 1. The molecular weight excluding hydrogens is 466 g/mol. The molecule has 4 rings (SSSR count). The molecule has 1 aliphatic heterocycles. The van der Waals surface area contributed by atoms with Crippen LogP contribution in [0.25, 0.3) is 5.52 Å². The third-order valence-corrected chi connectivity index (χ3v) is 6.50. The Morgan fingerprint density at radius 1 is 1.25 bits per heavy atom. The van der Waals surface area contributed by atoms with Gasteiger partial charge in [-0.3, -0.25) is 9.59 Å². The molecule has 36 heavy (non-hydrogen) atoms. The highest BCUT2D eigenvalue weighted by molar-refractivity contribution is 5.97. The van der Waals surface area contributed by atoms with E-state index >= 15 is 0 Å². The molecule has 3 aromatic rings. The molecular formula is C25H31N5O6. The van der Waals surface area contributed by atoms with Crippen molar-refractivity contribution in [1.29, 1.82) is 0 Å². The lowest BCUT2D eigenvalue weighted by molar-refractivity contribution is -0.155. The van der Waals surface area contributed by atoms with Gasteiger partial charge in [-0.25, -0.2) is 9.50 Å². The molecule has 5 N–H and O–H groups in total. The van der Waals surface area contributed by atoms with Gasteiger partial charge in [0.25, 0.3) is 0 Å². The third-order valence-electron chi connectivity index (χ3n) is 6.50. The number of hydrogen-bond donors (Lipinski definition) is 4. The number of carbonyl (C=O) groups excluding carboxylic acids is 2. The number of esters is 1. The summed E-state index contributed by atoms with van der Waals surface area (Å²) in [5.74, 6) is -0.756. The number of ether oxygens (including phenoxy) is 2. The van der Waals surface area contributed by atoms with Crippen LogP contribution in [-0.4, -0.2) is 67.6 Å². The van der Waals surface area contributed by atoms with Gasteiger partial charge in [-0.1, -0.05) is 44.2 Å². The van der Waals surface area contributed by atoms with Crippen molar-refractivity contribution in [2.45, 2.75) is 57.1 Å². The van der Waals surface area contributed by atoms with Gasteiger partial charge in [0.2, 0.25) is 5.91 Å². The number of aromatic nitrogens is 3. The van der Waals surface area contributed by atoms with Crippen LogP contribution in [0.2, 0.25) is 0 Å². The number of anilines is 1. The fourth-order valence-electron chi connectivity index (χ4n) is 4.33. The highest BCUT2D eigenvalue weighted by Crippen LogP contribution is 2.41. The van der Waals surface area contributed by atoms with Gasteiger partial charge in [0.05, 0.1) is 24.8 Å². The second-order valence-electron chi connectivity index (χ2n) is 9.39. The first kappa shape index (κ1) is 25.7. The maximum absolute atomic E-state index is 12.6. The van der Waals surface area contributed by atoms with Gasteiger partial charge in [0, 0.05) is 0 Å². The summed E-state index contributed by atoms with van der Waals surface area (Å²) in [7, 11) is 0. The molecule has 1 aliphatic rings. The Bertz CT molecular complexity index is 1230. The number of nitrogens with zero attached hydrogens (tertiary/aromatic N) is 3. The van der Waals surface area contributed by atoms with Crippen LogP contribution in [0.4, 0.5) is 5.82 Å². The minimum Gasteiger partial charge on any atom is -0.456 e. The summed E-state index contributed by atoms with van der Waals surface area (Å²) in [6, 6.07) is 11.7. The molecule has 5 atom stereocenters. The number of rotatable bonds is 8. The second kappa shape index (κ2) is 10.3. The Kier molecular flexibility index (Phi) is 7.36. The summed E-state index contributed by atoms with van der Waals surface area (Å²) in [6.07, 6.45) is -2.10. The van der Waals surface area contributed by atoms with Crippen LogP contribution >= 0.6 is 0 Å². The number of nitrogens with two attached hydrogens (primary N) is 1. The summed E-state index contributed by atoms with van der Waals surface area (Å²) >= 11 is 0. The van der Waals surface area contributed by atoms with Gasteiger partial charge >= 0.3 is 5.97 Å². The van der Waals surface area contributed by atoms with Gasteiger partial charge in [0.1, 0.15) is 29.7 Å². The monoisotopic (exact) mass is 497 g/mol. The zero-order valence-electron chi connectivity index (χ0n) is 20.4. The molecule has 11 heteroatoms. The fourth-order valence-corrected chi connectivity index (χ4v) is 4.33. The predicted octanol–water partition coefficient (Wildman–Crippen LogP) is 0.773. The number of amides is 1. The van der Waals surface area contributed by atoms with E-state index in [1.807, 2.05) is 32.0 Å². The van der Waals surface area contributed by atoms with E-state index < -0.39 is 42.5 Å². The van der Waals surface area contributed by atoms with Crippen LogP contribution in [0, 0.1) is 5.92 Å². The number of nitrogens with one attached hydrogen (secondary N) is 1. The van der Waals surface area contributed by atoms with E-state index in [1.54, 1.807) is 31.2 Å². The Morgan fingerprint density at radius 3 is 2.64 bits per heavy atom. The average Bonchev–Trinajstić information content (AvgIpc) is 3.40. The van der Waals surface area contributed by atoms with Crippen molar-refractivity contribution in [3.8, 4) is 0 Å². The Morgan fingerprint density at radius 2 is 1.97 bits per heavy atom. The minimum absolute atomic E-state index is 0.0157. The van der Waals surface area contributed by atoms with E-state index in [0.717, 1.165) is 5.56 Å². The van der Waals surface area contributed by atoms with E-state index in [4.69, 9.17) is 15.2 Å². The highest BCUT2D eigenvalue weighted by Gasteiger charge is 2.55. The molecule has 0 radical (unpaired) electrons. The Balaban J connectivity index is 1.59. The van der Waals surface area contributed by atoms with Gasteiger partial charge in [-0.2, -0.15) is 5.10 Å². The molecule has 3 heterocycles. The molecule has 1 aromatic carbocycles. The van der Waals surface area contributed by atoms with Crippen molar-refractivity contribution in [3.63, 3.8) is 0 Å². The molecule has 2 aromatic heterocycles. The summed E-state index contributed by atoms with van der Waals surface area (Å²) in [5.41, 5.74) is 6.21. The Labute approximate surface area is 208 Å². The molecule has 0 saturated carbocycles. The van der Waals surface area contributed by atoms with Crippen LogP contribution in [0.5, 0.6) is 0 Å². The van der Waals surface area contributed by atoms with Crippen LogP contribution in [-0.2, 0) is 31.1 Å². The second-order valence-corrected chi connectivity index (χ2v) is 9.39. The van der Waals surface area contributed by atoms with Crippen LogP contribution in [0.15, 0.2) is 48.8 Å². The largest absolute Gasteiger partial charge is 0.456 e. The lowest BCUT2D eigenvalue weighted by Crippen LogP contribution is -2.42. The maximum Gasteiger partial charge on any atom is 0.310 e. The molecule has 0 bridgehead atoms. The smallest absolute Gasteiger partial charge is 0.310 e. The predicted molar refractivity (Wildman–Crippen MR) is 130 cm³/mol. The standard InChI is InChI=1S/C25H31N5O6/c1-14(2)20(26)24(34)29-23-16-9-10-18(30(16)28-13-27-23)25(3)22(33)21(17(12-31)36-25)35-19(32)11-15-7-5-4-6-8-15/h4-10,13-14,17,20-22,31,33H,11-12,26H2,1-3H3,(H,27,28,29,34)/t17-,20+,21-,22-,25+/m1/s1. The van der Waals surface area contributed by atoms with Crippen molar-refractivity contribution < 1.29 is 29.3 Å². The molecule has 1 fully saturated rings. The van der Waals surface area contributed by atoms with Gasteiger partial charge < -0.3 is 30.7 Å². The summed E-state index contributed by atoms with van der Waals surface area (Å²) in [5, 5.41) is 28.2. The maximum atomic E-state index is 12.6. The molecule has 192 valence electrons. The summed E-state index contributed by atoms with van der Waals surface area (Å²) < 4.78 is 13.1. The molecule has 0 unspecified atom stereocenters. The SMILES string of the molecule is CC(C)[C@H](N)C(=O)Nc1ncnn2c([C@]3(C)O[C@H](CO)[C@@H](OC(=O)Cc4ccccc4)[C@H]3O)ccc12. The van der Waals surface area contributed by atoms with Crippen molar-refractivity contribution >= 4 is 23.2 Å². The van der Waals surface area contributed by atoms with Crippen LogP contribution in [0.1, 0.15) is 32.0 Å².